The van der Waals surface area contributed by atoms with Gasteiger partial charge in [-0.15, -0.1) is 0 Å². The Morgan fingerprint density at radius 3 is 2.38 bits per heavy atom. The van der Waals surface area contributed by atoms with Crippen LogP contribution in [0.1, 0.15) is 25.3 Å². The Hall–Kier alpha value is -1.23. The van der Waals surface area contributed by atoms with Crippen LogP contribution in [0.2, 0.25) is 0 Å². The molecule has 0 amide bonds. The molecular formula is C8H15N3O2. The minimum absolute atomic E-state index is 0.175. The molecule has 0 aliphatic carbocycles. The summed E-state index contributed by atoms with van der Waals surface area (Å²) in [5.74, 6) is 0.0887. The van der Waals surface area contributed by atoms with Gasteiger partial charge in [-0.25, -0.2) is 0 Å². The Kier molecular flexibility index (Phi) is 2.47. The average Bonchev–Trinajstić information content (AvgIpc) is 2.26. The van der Waals surface area contributed by atoms with Gasteiger partial charge < -0.3 is 10.8 Å². The van der Waals surface area contributed by atoms with E-state index in [0.29, 0.717) is 11.4 Å². The van der Waals surface area contributed by atoms with Gasteiger partial charge in [-0.05, 0) is 6.92 Å². The molecule has 0 saturated heterocycles. The summed E-state index contributed by atoms with van der Waals surface area (Å²) in [6, 6.07) is 0. The fourth-order valence-electron chi connectivity index (χ4n) is 1.27. The number of nitrogens with two attached hydrogens (primary N) is 1. The van der Waals surface area contributed by atoms with E-state index in [0.717, 1.165) is 0 Å². The summed E-state index contributed by atoms with van der Waals surface area (Å²) in [6.45, 7) is 3.40. The van der Waals surface area contributed by atoms with E-state index in [-0.39, 0.29) is 11.5 Å². The number of aliphatic hydroxyl groups excluding tert-OH is 1. The van der Waals surface area contributed by atoms with Gasteiger partial charge in [0.05, 0.1) is 11.7 Å². The van der Waals surface area contributed by atoms with Crippen LogP contribution >= 0.6 is 0 Å². The molecule has 0 radical (unpaired) electrons. The Bertz CT molecular complexity index is 351. The molecule has 0 saturated carbocycles. The maximum Gasteiger partial charge on any atom is 0.271 e. The van der Waals surface area contributed by atoms with Crippen LogP contribution in [0.15, 0.2) is 4.79 Å². The summed E-state index contributed by atoms with van der Waals surface area (Å²) in [4.78, 5) is 11.5. The van der Waals surface area contributed by atoms with E-state index in [2.05, 4.69) is 5.10 Å². The van der Waals surface area contributed by atoms with Crippen molar-refractivity contribution in [1.82, 2.24) is 9.78 Å². The zero-order valence-electron chi connectivity index (χ0n) is 8.03. The van der Waals surface area contributed by atoms with Crippen molar-refractivity contribution in [3.8, 4) is 0 Å². The van der Waals surface area contributed by atoms with Crippen molar-refractivity contribution >= 4 is 5.82 Å². The van der Waals surface area contributed by atoms with E-state index in [1.54, 1.807) is 20.9 Å². The number of H-pyrrole nitrogens is 1. The molecule has 0 spiro atoms. The first-order chi connectivity index (χ1) is 5.95. The Morgan fingerprint density at radius 2 is 2.08 bits per heavy atom. The molecule has 1 aromatic rings. The highest BCUT2D eigenvalue weighted by Gasteiger charge is 2.20. The highest BCUT2D eigenvalue weighted by atomic mass is 16.3. The van der Waals surface area contributed by atoms with Crippen LogP contribution in [-0.2, 0) is 7.05 Å². The molecular weight excluding hydrogens is 170 g/mol. The highest BCUT2D eigenvalue weighted by molar-refractivity contribution is 5.40. The summed E-state index contributed by atoms with van der Waals surface area (Å²) in [6.07, 6.45) is -0.578. The molecule has 1 aromatic heterocycles. The summed E-state index contributed by atoms with van der Waals surface area (Å²) >= 11 is 0. The Labute approximate surface area is 76.2 Å². The first-order valence-electron chi connectivity index (χ1n) is 4.17. The number of nitrogens with one attached hydrogen (secondary N) is 1. The van der Waals surface area contributed by atoms with Crippen LogP contribution in [0, 0.1) is 0 Å². The van der Waals surface area contributed by atoms with Gasteiger partial charge in [0.1, 0.15) is 5.82 Å². The van der Waals surface area contributed by atoms with Crippen LogP contribution in [0.5, 0.6) is 0 Å². The SMILES string of the molecule is CC(O)C(C)c1c(N)[nH]n(C)c1=O. The average molecular weight is 185 g/mol. The number of aryl methyl sites for hydroxylation is 1. The lowest BCUT2D eigenvalue weighted by Crippen LogP contribution is -2.22. The predicted octanol–water partition coefficient (Wildman–Crippen LogP) is -0.220. The normalized spacial score (nSPS) is 15.7. The molecule has 1 rings (SSSR count). The molecule has 13 heavy (non-hydrogen) atoms. The molecule has 5 heteroatoms. The number of hydrogen-bond donors (Lipinski definition) is 3. The van der Waals surface area contributed by atoms with Gasteiger partial charge in [-0.3, -0.25) is 14.6 Å². The molecule has 74 valence electrons. The minimum Gasteiger partial charge on any atom is -0.393 e. The van der Waals surface area contributed by atoms with Gasteiger partial charge in [0.2, 0.25) is 0 Å². The fraction of sp³-hybridized carbons (Fsp3) is 0.625. The van der Waals surface area contributed by atoms with Gasteiger partial charge in [0.15, 0.2) is 0 Å². The summed E-state index contributed by atoms with van der Waals surface area (Å²) in [5.41, 5.74) is 5.87. The van der Waals surface area contributed by atoms with Crippen molar-refractivity contribution in [2.45, 2.75) is 25.9 Å². The second-order valence-corrected chi connectivity index (χ2v) is 3.33. The molecule has 2 unspecified atom stereocenters. The lowest BCUT2D eigenvalue weighted by Gasteiger charge is -2.11. The second-order valence-electron chi connectivity index (χ2n) is 3.33. The van der Waals surface area contributed by atoms with Crippen molar-refractivity contribution in [2.24, 2.45) is 7.05 Å². The zero-order valence-corrected chi connectivity index (χ0v) is 8.03. The smallest absolute Gasteiger partial charge is 0.271 e. The summed E-state index contributed by atoms with van der Waals surface area (Å²) in [7, 11) is 1.59. The van der Waals surface area contributed by atoms with E-state index >= 15 is 0 Å². The van der Waals surface area contributed by atoms with Gasteiger partial charge in [-0.1, -0.05) is 6.92 Å². The number of nitrogen functional groups attached to an aromatic ring is 1. The highest BCUT2D eigenvalue weighted by Crippen LogP contribution is 2.19. The number of anilines is 1. The largest absolute Gasteiger partial charge is 0.393 e. The van der Waals surface area contributed by atoms with Crippen LogP contribution in [0.4, 0.5) is 5.82 Å². The number of aliphatic hydroxyl groups is 1. The van der Waals surface area contributed by atoms with Gasteiger partial charge in [0, 0.05) is 13.0 Å². The van der Waals surface area contributed by atoms with Crippen LogP contribution < -0.4 is 11.3 Å². The molecule has 0 bridgehead atoms. The zero-order chi connectivity index (χ0) is 10.2. The molecule has 5 nitrogen and oxygen atoms in total. The van der Waals surface area contributed by atoms with Crippen molar-refractivity contribution in [1.29, 1.82) is 0 Å². The minimum atomic E-state index is -0.578. The van der Waals surface area contributed by atoms with Gasteiger partial charge in [0.25, 0.3) is 5.56 Å². The molecule has 0 fully saturated rings. The Morgan fingerprint density at radius 1 is 1.54 bits per heavy atom. The van der Waals surface area contributed by atoms with Crippen molar-refractivity contribution < 1.29 is 5.11 Å². The molecule has 0 aliphatic heterocycles. The third-order valence-corrected chi connectivity index (χ3v) is 2.29. The number of hydrogen-bond acceptors (Lipinski definition) is 3. The third-order valence-electron chi connectivity index (χ3n) is 2.29. The van der Waals surface area contributed by atoms with Crippen molar-refractivity contribution in [2.75, 3.05) is 5.73 Å². The van der Waals surface area contributed by atoms with Crippen molar-refractivity contribution in [3.63, 3.8) is 0 Å². The van der Waals surface area contributed by atoms with Crippen LogP contribution in [0.3, 0.4) is 0 Å². The maximum absolute atomic E-state index is 11.5. The maximum atomic E-state index is 11.5. The van der Waals surface area contributed by atoms with Crippen molar-refractivity contribution in [3.05, 3.63) is 15.9 Å². The number of nitrogens with zero attached hydrogens (tertiary/aromatic N) is 1. The molecule has 2 atom stereocenters. The van der Waals surface area contributed by atoms with E-state index < -0.39 is 6.10 Å². The molecule has 0 aromatic carbocycles. The third kappa shape index (κ3) is 1.60. The Balaban J connectivity index is 3.21. The lowest BCUT2D eigenvalue weighted by atomic mass is 9.99. The quantitative estimate of drug-likeness (QED) is 0.595. The summed E-state index contributed by atoms with van der Waals surface area (Å²) in [5, 5.41) is 12.0. The van der Waals surface area contributed by atoms with Gasteiger partial charge >= 0.3 is 0 Å². The molecule has 1 heterocycles. The van der Waals surface area contributed by atoms with E-state index in [1.165, 1.54) is 4.68 Å². The fourth-order valence-corrected chi connectivity index (χ4v) is 1.27. The number of aromatic amines is 1. The standard InChI is InChI=1S/C8H15N3O2/c1-4(5(2)12)6-7(9)10-11(3)8(6)13/h4-5,10,12H,9H2,1-3H3. The molecule has 0 aliphatic rings. The summed E-state index contributed by atoms with van der Waals surface area (Å²) < 4.78 is 1.31. The van der Waals surface area contributed by atoms with Gasteiger partial charge in [-0.2, -0.15) is 0 Å². The second kappa shape index (κ2) is 3.26. The monoisotopic (exact) mass is 185 g/mol. The topological polar surface area (TPSA) is 84.0 Å². The van der Waals surface area contributed by atoms with E-state index in [4.69, 9.17) is 5.73 Å². The van der Waals surface area contributed by atoms with Crippen LogP contribution in [0.25, 0.3) is 0 Å². The predicted molar refractivity (Wildman–Crippen MR) is 50.5 cm³/mol. The number of aromatic nitrogens is 2. The lowest BCUT2D eigenvalue weighted by molar-refractivity contribution is 0.169. The number of rotatable bonds is 2. The van der Waals surface area contributed by atoms with E-state index in [9.17, 15) is 9.90 Å². The first-order valence-corrected chi connectivity index (χ1v) is 4.17. The first kappa shape index (κ1) is 9.85. The van der Waals surface area contributed by atoms with Crippen LogP contribution in [-0.4, -0.2) is 21.0 Å². The molecule has 4 N–H and O–H groups in total. The van der Waals surface area contributed by atoms with E-state index in [1.807, 2.05) is 0 Å².